The molecule has 0 aliphatic carbocycles. The Labute approximate surface area is 231 Å². The molecule has 0 bridgehead atoms. The number of ether oxygens (including phenoxy) is 2. The third-order valence-corrected chi connectivity index (χ3v) is 11.3. The highest BCUT2D eigenvalue weighted by Crippen LogP contribution is 2.48. The molecule has 200 valence electrons. The van der Waals surface area contributed by atoms with Crippen LogP contribution in [0.4, 0.5) is 5.69 Å². The number of hydrogen-bond donors (Lipinski definition) is 0. The van der Waals surface area contributed by atoms with Crippen molar-refractivity contribution in [3.8, 4) is 0 Å². The zero-order valence-electron chi connectivity index (χ0n) is 21.9. The van der Waals surface area contributed by atoms with Crippen LogP contribution in [0.2, 0.25) is 0 Å². The van der Waals surface area contributed by atoms with Gasteiger partial charge in [0, 0.05) is 0 Å². The topological polar surface area (TPSA) is 90.0 Å². The zero-order chi connectivity index (χ0) is 28.3. The van der Waals surface area contributed by atoms with Crippen LogP contribution >= 0.6 is 6.89 Å². The molecule has 8 heteroatoms. The second kappa shape index (κ2) is 11.2. The molecule has 0 saturated heterocycles. The van der Waals surface area contributed by atoms with E-state index >= 15 is 0 Å². The van der Waals surface area contributed by atoms with E-state index in [1.165, 1.54) is 20.3 Å². The minimum atomic E-state index is -3.23. The number of hydrogen-bond acceptors (Lipinski definition) is 6. The summed E-state index contributed by atoms with van der Waals surface area (Å²) in [5.74, 6) is -3.35. The monoisotopic (exact) mass is 551 g/mol. The lowest BCUT2D eigenvalue weighted by molar-refractivity contribution is -0.142. The number of carbonyl (C=O) groups is 4. The van der Waals surface area contributed by atoms with Crippen molar-refractivity contribution in [1.29, 1.82) is 0 Å². The van der Waals surface area contributed by atoms with Gasteiger partial charge in [-0.3, -0.25) is 14.5 Å². The predicted octanol–water partition coefficient (Wildman–Crippen LogP) is 3.10. The molecule has 4 aromatic rings. The number of anilines is 1. The molecule has 0 saturated carbocycles. The SMILES string of the molecule is COC(=O)C(C(C(=O)OC)N1C(=O)C(=O)c2ccccc21)=P(c1ccccc1)(c1ccccc1)c1ccccc1. The number of Topliss-reactive ketones (excluding diaryl/α,β-unsaturated/α-hetero) is 1. The maximum Gasteiger partial charge on any atom is 0.337 e. The Kier molecular flexibility index (Phi) is 7.50. The van der Waals surface area contributed by atoms with Crippen molar-refractivity contribution >= 4 is 57.4 Å². The van der Waals surface area contributed by atoms with Gasteiger partial charge in [0.05, 0.1) is 30.8 Å². The standard InChI is InChI=1S/C32H26NO6P/c1-38-31(36)27(33-26-21-13-12-20-25(26)28(34)30(33)35)29(32(37)39-2)40(22-14-6-3-7-15-22,23-16-8-4-9-17-23)24-18-10-5-11-19-24/h3-21,27H,1-2H3. The molecule has 40 heavy (non-hydrogen) atoms. The lowest BCUT2D eigenvalue weighted by Crippen LogP contribution is -2.54. The number of carbonyl (C=O) groups excluding carboxylic acids is 4. The summed E-state index contributed by atoms with van der Waals surface area (Å²) < 4.78 is 10.6. The quantitative estimate of drug-likeness (QED) is 0.199. The summed E-state index contributed by atoms with van der Waals surface area (Å²) in [7, 11) is 2.42. The van der Waals surface area contributed by atoms with Crippen molar-refractivity contribution in [3.63, 3.8) is 0 Å². The minimum absolute atomic E-state index is 0.0169. The van der Waals surface area contributed by atoms with Crippen LogP contribution in [0.15, 0.2) is 115 Å². The Morgan fingerprint density at radius 3 is 1.55 bits per heavy atom. The van der Waals surface area contributed by atoms with Gasteiger partial charge in [-0.25, -0.2) is 9.59 Å². The maximum atomic E-state index is 14.1. The van der Waals surface area contributed by atoms with Gasteiger partial charge in [-0.2, -0.15) is 0 Å². The Balaban J connectivity index is 2.04. The Bertz CT molecular complexity index is 1550. The van der Waals surface area contributed by atoms with Gasteiger partial charge in [-0.05, 0) is 34.9 Å². The summed E-state index contributed by atoms with van der Waals surface area (Å²) in [5.41, 5.74) is 0.371. The number of benzene rings is 4. The van der Waals surface area contributed by atoms with Gasteiger partial charge in [0.1, 0.15) is 0 Å². The molecule has 5 rings (SSSR count). The Morgan fingerprint density at radius 1 is 0.650 bits per heavy atom. The second-order valence-electron chi connectivity index (χ2n) is 9.00. The lowest BCUT2D eigenvalue weighted by atomic mass is 10.1. The van der Waals surface area contributed by atoms with E-state index in [-0.39, 0.29) is 16.5 Å². The van der Waals surface area contributed by atoms with Crippen molar-refractivity contribution in [2.75, 3.05) is 19.1 Å². The average Bonchev–Trinajstić information content (AvgIpc) is 3.27. The number of ketones is 1. The fraction of sp³-hybridized carbons (Fsp3) is 0.0938. The first-order valence-electron chi connectivity index (χ1n) is 12.5. The first kappa shape index (κ1) is 26.9. The molecule has 1 unspecified atom stereocenters. The van der Waals surface area contributed by atoms with Crippen molar-refractivity contribution in [1.82, 2.24) is 0 Å². The third kappa shape index (κ3) is 4.25. The highest BCUT2D eigenvalue weighted by Gasteiger charge is 2.50. The van der Waals surface area contributed by atoms with E-state index in [0.29, 0.717) is 0 Å². The molecule has 1 aliphatic rings. The number of esters is 2. The molecule has 7 nitrogen and oxygen atoms in total. The smallest absolute Gasteiger partial charge is 0.337 e. The third-order valence-electron chi connectivity index (χ3n) is 6.95. The van der Waals surface area contributed by atoms with E-state index in [9.17, 15) is 19.2 Å². The van der Waals surface area contributed by atoms with E-state index in [0.717, 1.165) is 20.8 Å². The number of para-hydroxylation sites is 1. The van der Waals surface area contributed by atoms with Crippen molar-refractivity contribution in [3.05, 3.63) is 121 Å². The fourth-order valence-electron chi connectivity index (χ4n) is 5.27. The van der Waals surface area contributed by atoms with E-state index in [1.54, 1.807) is 18.2 Å². The maximum absolute atomic E-state index is 14.1. The van der Waals surface area contributed by atoms with Crippen LogP contribution in [-0.2, 0) is 23.9 Å². The summed E-state index contributed by atoms with van der Waals surface area (Å²) in [6.07, 6.45) is 0. The normalized spacial score (nSPS) is 13.4. The molecule has 1 atom stereocenters. The molecule has 0 fully saturated rings. The van der Waals surface area contributed by atoms with E-state index in [4.69, 9.17) is 9.47 Å². The molecule has 0 aromatic heterocycles. The van der Waals surface area contributed by atoms with Crippen molar-refractivity contribution in [2.24, 2.45) is 0 Å². The molecule has 0 radical (unpaired) electrons. The Hall–Kier alpha value is -4.74. The molecular weight excluding hydrogens is 525 g/mol. The minimum Gasteiger partial charge on any atom is -0.467 e. The largest absolute Gasteiger partial charge is 0.467 e. The summed E-state index contributed by atoms with van der Waals surface area (Å²) in [5, 5.41) is 2.29. The average molecular weight is 552 g/mol. The number of nitrogens with zero attached hydrogens (tertiary/aromatic N) is 1. The van der Waals surface area contributed by atoms with Gasteiger partial charge in [0.25, 0.3) is 5.78 Å². The van der Waals surface area contributed by atoms with Gasteiger partial charge < -0.3 is 9.47 Å². The van der Waals surface area contributed by atoms with Crippen LogP contribution < -0.4 is 20.8 Å². The van der Waals surface area contributed by atoms with E-state index < -0.39 is 36.6 Å². The van der Waals surface area contributed by atoms with Gasteiger partial charge in [0.15, 0.2) is 6.04 Å². The zero-order valence-corrected chi connectivity index (χ0v) is 22.8. The fourth-order valence-corrected chi connectivity index (χ4v) is 9.81. The highest BCUT2D eigenvalue weighted by molar-refractivity contribution is 7.96. The summed E-state index contributed by atoms with van der Waals surface area (Å²) in [4.78, 5) is 55.7. The molecule has 1 heterocycles. The first-order valence-corrected chi connectivity index (χ1v) is 14.3. The van der Waals surface area contributed by atoms with Crippen LogP contribution in [0.1, 0.15) is 10.4 Å². The predicted molar refractivity (Wildman–Crippen MR) is 156 cm³/mol. The number of methoxy groups -OCH3 is 2. The first-order chi connectivity index (χ1) is 19.5. The van der Waals surface area contributed by atoms with E-state index in [1.807, 2.05) is 91.0 Å². The van der Waals surface area contributed by atoms with Crippen molar-refractivity contribution < 1.29 is 28.7 Å². The number of amides is 1. The van der Waals surface area contributed by atoms with Crippen LogP contribution in [-0.4, -0.2) is 49.2 Å². The molecule has 1 amide bonds. The summed E-state index contributed by atoms with van der Waals surface area (Å²) in [6.45, 7) is -3.23. The van der Waals surface area contributed by atoms with Gasteiger partial charge >= 0.3 is 17.8 Å². The molecule has 0 spiro atoms. The molecule has 0 N–H and O–H groups in total. The lowest BCUT2D eigenvalue weighted by Gasteiger charge is -2.36. The second-order valence-corrected chi connectivity index (χ2v) is 12.4. The van der Waals surface area contributed by atoms with Gasteiger partial charge in [-0.1, -0.05) is 103 Å². The highest BCUT2D eigenvalue weighted by atomic mass is 31.2. The van der Waals surface area contributed by atoms with Crippen LogP contribution in [0, 0.1) is 0 Å². The number of fused-ring (bicyclic) bond motifs is 1. The van der Waals surface area contributed by atoms with Crippen molar-refractivity contribution in [2.45, 2.75) is 6.04 Å². The molecular formula is C32H26NO6P. The van der Waals surface area contributed by atoms with Crippen LogP contribution in [0.3, 0.4) is 0 Å². The van der Waals surface area contributed by atoms with Gasteiger partial charge in [-0.15, -0.1) is 0 Å². The Morgan fingerprint density at radius 2 is 1.10 bits per heavy atom. The van der Waals surface area contributed by atoms with Crippen LogP contribution in [0.25, 0.3) is 0 Å². The molecule has 4 aromatic carbocycles. The van der Waals surface area contributed by atoms with Crippen LogP contribution in [0.5, 0.6) is 0 Å². The summed E-state index contributed by atoms with van der Waals surface area (Å²) >= 11 is 0. The molecule has 1 aliphatic heterocycles. The number of rotatable bonds is 7. The van der Waals surface area contributed by atoms with E-state index in [2.05, 4.69) is 0 Å². The van der Waals surface area contributed by atoms with Gasteiger partial charge in [0.2, 0.25) is 0 Å². The summed E-state index contributed by atoms with van der Waals surface area (Å²) in [6, 6.07) is 33.0.